The van der Waals surface area contributed by atoms with Crippen LogP contribution in [-0.4, -0.2) is 31.2 Å². The van der Waals surface area contributed by atoms with Crippen molar-refractivity contribution in [3.63, 3.8) is 0 Å². The second kappa shape index (κ2) is 5.70. The van der Waals surface area contributed by atoms with Crippen LogP contribution >= 0.6 is 34.8 Å². The Kier molecular flexibility index (Phi) is 3.83. The van der Waals surface area contributed by atoms with E-state index in [-0.39, 0.29) is 6.04 Å². The third-order valence-corrected chi connectivity index (χ3v) is 5.12. The van der Waals surface area contributed by atoms with E-state index in [4.69, 9.17) is 39.5 Å². The Balaban J connectivity index is 1.93. The second-order valence-corrected chi connectivity index (χ2v) is 6.91. The SMILES string of the molecule is Clc1ccc2c(c1)[C@@H](N1CCOCC1)c1cc(Cl)cc(Cl)c1-2. The van der Waals surface area contributed by atoms with Gasteiger partial charge < -0.3 is 4.74 Å². The maximum Gasteiger partial charge on any atom is 0.0617 e. The van der Waals surface area contributed by atoms with Crippen LogP contribution in [0.4, 0.5) is 0 Å². The van der Waals surface area contributed by atoms with Gasteiger partial charge >= 0.3 is 0 Å². The molecule has 2 nitrogen and oxygen atoms in total. The third-order valence-electron chi connectivity index (χ3n) is 4.37. The number of benzene rings is 2. The van der Waals surface area contributed by atoms with Crippen molar-refractivity contribution < 1.29 is 4.74 Å². The van der Waals surface area contributed by atoms with Crippen molar-refractivity contribution in [2.75, 3.05) is 26.3 Å². The molecule has 4 rings (SSSR count). The molecule has 0 aromatic heterocycles. The summed E-state index contributed by atoms with van der Waals surface area (Å²) in [6, 6.07) is 9.98. The number of fused-ring (bicyclic) bond motifs is 3. The van der Waals surface area contributed by atoms with Crippen molar-refractivity contribution >= 4 is 34.8 Å². The molecule has 0 spiro atoms. The number of hydrogen-bond donors (Lipinski definition) is 0. The van der Waals surface area contributed by atoms with E-state index in [2.05, 4.69) is 11.0 Å². The molecule has 0 radical (unpaired) electrons. The molecule has 1 atom stereocenters. The number of nitrogens with zero attached hydrogens (tertiary/aromatic N) is 1. The van der Waals surface area contributed by atoms with Gasteiger partial charge in [-0.3, -0.25) is 4.90 Å². The Morgan fingerprint density at radius 1 is 0.909 bits per heavy atom. The van der Waals surface area contributed by atoms with Crippen LogP contribution in [0.5, 0.6) is 0 Å². The van der Waals surface area contributed by atoms with Crippen LogP contribution in [0.2, 0.25) is 15.1 Å². The van der Waals surface area contributed by atoms with Crippen LogP contribution in [0.15, 0.2) is 30.3 Å². The monoisotopic (exact) mass is 353 g/mol. The maximum atomic E-state index is 6.49. The fraction of sp³-hybridized carbons (Fsp3) is 0.294. The Morgan fingerprint density at radius 3 is 2.41 bits per heavy atom. The number of hydrogen-bond acceptors (Lipinski definition) is 2. The van der Waals surface area contributed by atoms with Crippen molar-refractivity contribution in [2.24, 2.45) is 0 Å². The molecule has 22 heavy (non-hydrogen) atoms. The largest absolute Gasteiger partial charge is 0.379 e. The minimum absolute atomic E-state index is 0.142. The Labute approximate surface area is 144 Å². The van der Waals surface area contributed by atoms with E-state index in [9.17, 15) is 0 Å². The third kappa shape index (κ3) is 2.34. The zero-order chi connectivity index (χ0) is 15.3. The molecule has 1 saturated heterocycles. The Morgan fingerprint density at radius 2 is 1.64 bits per heavy atom. The first-order valence-corrected chi connectivity index (χ1v) is 8.39. The fourth-order valence-electron chi connectivity index (χ4n) is 3.48. The topological polar surface area (TPSA) is 12.5 Å². The highest BCUT2D eigenvalue weighted by Gasteiger charge is 2.35. The summed E-state index contributed by atoms with van der Waals surface area (Å²) in [6.07, 6.45) is 0. The summed E-state index contributed by atoms with van der Waals surface area (Å²) < 4.78 is 5.49. The first kappa shape index (κ1) is 14.8. The average Bonchev–Trinajstić information content (AvgIpc) is 2.81. The number of ether oxygens (including phenoxy) is 1. The minimum atomic E-state index is 0.142. The van der Waals surface area contributed by atoms with Gasteiger partial charge in [0.1, 0.15) is 0 Å². The summed E-state index contributed by atoms with van der Waals surface area (Å²) in [7, 11) is 0. The predicted molar refractivity (Wildman–Crippen MR) is 91.1 cm³/mol. The van der Waals surface area contributed by atoms with Crippen molar-refractivity contribution in [1.82, 2.24) is 4.90 Å². The Bertz CT molecular complexity index is 741. The van der Waals surface area contributed by atoms with Crippen molar-refractivity contribution in [2.45, 2.75) is 6.04 Å². The summed E-state index contributed by atoms with van der Waals surface area (Å²) in [4.78, 5) is 2.41. The fourth-order valence-corrected chi connectivity index (χ4v) is 4.27. The lowest BCUT2D eigenvalue weighted by atomic mass is 10.0. The van der Waals surface area contributed by atoms with Gasteiger partial charge in [0.25, 0.3) is 0 Å². The lowest BCUT2D eigenvalue weighted by Crippen LogP contribution is -2.38. The van der Waals surface area contributed by atoms with Crippen molar-refractivity contribution in [3.05, 3.63) is 56.5 Å². The first-order valence-electron chi connectivity index (χ1n) is 7.26. The molecule has 0 amide bonds. The molecule has 0 bridgehead atoms. The second-order valence-electron chi connectivity index (χ2n) is 5.63. The van der Waals surface area contributed by atoms with Gasteiger partial charge in [-0.2, -0.15) is 0 Å². The maximum absolute atomic E-state index is 6.49. The molecule has 114 valence electrons. The predicted octanol–water partition coefficient (Wildman–Crippen LogP) is 5.05. The molecule has 2 aromatic carbocycles. The molecule has 0 saturated carbocycles. The molecule has 1 aliphatic carbocycles. The summed E-state index contributed by atoms with van der Waals surface area (Å²) in [5, 5.41) is 2.11. The molecule has 2 aromatic rings. The highest BCUT2D eigenvalue weighted by Crippen LogP contribution is 2.51. The molecule has 5 heteroatoms. The minimum Gasteiger partial charge on any atom is -0.379 e. The van der Waals surface area contributed by atoms with Gasteiger partial charge in [-0.25, -0.2) is 0 Å². The number of halogens is 3. The van der Waals surface area contributed by atoms with Crippen LogP contribution in [0, 0.1) is 0 Å². The van der Waals surface area contributed by atoms with E-state index in [1.807, 2.05) is 24.3 Å². The quantitative estimate of drug-likeness (QED) is 0.710. The van der Waals surface area contributed by atoms with E-state index in [0.717, 1.165) is 48.0 Å². The number of rotatable bonds is 1. The molecule has 0 unspecified atom stereocenters. The summed E-state index contributed by atoms with van der Waals surface area (Å²) in [5.74, 6) is 0. The van der Waals surface area contributed by atoms with Gasteiger partial charge in [0.05, 0.1) is 24.3 Å². The van der Waals surface area contributed by atoms with E-state index in [0.29, 0.717) is 10.0 Å². The molecule has 1 fully saturated rings. The lowest BCUT2D eigenvalue weighted by Gasteiger charge is -2.33. The summed E-state index contributed by atoms with van der Waals surface area (Å²) in [6.45, 7) is 3.27. The van der Waals surface area contributed by atoms with Crippen molar-refractivity contribution in [1.29, 1.82) is 0 Å². The van der Waals surface area contributed by atoms with Crippen LogP contribution in [-0.2, 0) is 4.74 Å². The summed E-state index contributed by atoms with van der Waals surface area (Å²) >= 11 is 19.0. The standard InChI is InChI=1S/C17H14Cl3NO/c18-10-1-2-12-13(7-10)17(21-3-5-22-6-4-21)14-8-11(19)9-15(20)16(12)14/h1-2,7-9,17H,3-6H2/t17-/m1/s1. The zero-order valence-electron chi connectivity index (χ0n) is 11.8. The van der Waals surface area contributed by atoms with Gasteiger partial charge in [-0.1, -0.05) is 40.9 Å². The molecule has 0 N–H and O–H groups in total. The van der Waals surface area contributed by atoms with Crippen molar-refractivity contribution in [3.8, 4) is 11.1 Å². The van der Waals surface area contributed by atoms with Crippen LogP contribution in [0.25, 0.3) is 11.1 Å². The van der Waals surface area contributed by atoms with Crippen LogP contribution in [0.3, 0.4) is 0 Å². The van der Waals surface area contributed by atoms with Gasteiger partial charge in [0.2, 0.25) is 0 Å². The zero-order valence-corrected chi connectivity index (χ0v) is 14.0. The van der Waals surface area contributed by atoms with E-state index < -0.39 is 0 Å². The lowest BCUT2D eigenvalue weighted by molar-refractivity contribution is 0.0247. The molecule has 1 aliphatic heterocycles. The van der Waals surface area contributed by atoms with E-state index in [1.165, 1.54) is 5.56 Å². The van der Waals surface area contributed by atoms with E-state index in [1.54, 1.807) is 0 Å². The van der Waals surface area contributed by atoms with Crippen LogP contribution in [0.1, 0.15) is 17.2 Å². The highest BCUT2D eigenvalue weighted by atomic mass is 35.5. The van der Waals surface area contributed by atoms with E-state index >= 15 is 0 Å². The Hall–Kier alpha value is -0.770. The molecular weight excluding hydrogens is 341 g/mol. The molecular formula is C17H14Cl3NO. The molecule has 1 heterocycles. The smallest absolute Gasteiger partial charge is 0.0617 e. The van der Waals surface area contributed by atoms with Gasteiger partial charge in [0.15, 0.2) is 0 Å². The highest BCUT2D eigenvalue weighted by molar-refractivity contribution is 6.37. The molecule has 2 aliphatic rings. The van der Waals surface area contributed by atoms with Gasteiger partial charge in [0, 0.05) is 28.7 Å². The van der Waals surface area contributed by atoms with Gasteiger partial charge in [-0.15, -0.1) is 0 Å². The van der Waals surface area contributed by atoms with Gasteiger partial charge in [-0.05, 0) is 41.0 Å². The first-order chi connectivity index (χ1) is 10.6. The number of morpholine rings is 1. The normalized spacial score (nSPS) is 20.8. The summed E-state index contributed by atoms with van der Waals surface area (Å²) in [5.41, 5.74) is 4.59. The average molecular weight is 355 g/mol. The van der Waals surface area contributed by atoms with Crippen LogP contribution < -0.4 is 0 Å².